The van der Waals surface area contributed by atoms with Crippen molar-refractivity contribution in [3.05, 3.63) is 58.1 Å². The summed E-state index contributed by atoms with van der Waals surface area (Å²) in [6.07, 6.45) is -0.137. The Labute approximate surface area is 206 Å². The number of methoxy groups -OCH3 is 1. The molecule has 1 aliphatic rings. The second-order valence-corrected chi connectivity index (χ2v) is 7.84. The highest BCUT2D eigenvalue weighted by atomic mass is 35.5. The largest absolute Gasteiger partial charge is 0.496 e. The molecule has 1 heterocycles. The summed E-state index contributed by atoms with van der Waals surface area (Å²) >= 11 is 6.04. The van der Waals surface area contributed by atoms with Crippen molar-refractivity contribution in [1.82, 2.24) is 10.2 Å². The van der Waals surface area contributed by atoms with Gasteiger partial charge in [0.25, 0.3) is 5.91 Å². The smallest absolute Gasteiger partial charge is 0.414 e. The number of ether oxygens (including phenoxy) is 2. The summed E-state index contributed by atoms with van der Waals surface area (Å²) in [6.45, 7) is 3.14. The second-order valence-electron chi connectivity index (χ2n) is 7.43. The molecule has 0 radical (unpaired) electrons. The molecule has 11 nitrogen and oxygen atoms in total. The minimum absolute atomic E-state index is 0.137. The third kappa shape index (κ3) is 8.46. The van der Waals surface area contributed by atoms with E-state index in [-0.39, 0.29) is 12.0 Å². The Bertz CT molecular complexity index is 1110. The summed E-state index contributed by atoms with van der Waals surface area (Å²) in [5.74, 6) is -3.58. The molecule has 0 bridgehead atoms. The summed E-state index contributed by atoms with van der Waals surface area (Å²) in [7, 11) is 1.48. The Balaban J connectivity index is 0.000000641. The first-order chi connectivity index (χ1) is 16.6. The predicted octanol–water partition coefficient (Wildman–Crippen LogP) is 1.59. The number of amides is 1. The Morgan fingerprint density at radius 3 is 2.63 bits per heavy atom. The van der Waals surface area contributed by atoms with Crippen LogP contribution in [0.25, 0.3) is 0 Å². The van der Waals surface area contributed by atoms with Crippen LogP contribution in [0.5, 0.6) is 5.75 Å². The van der Waals surface area contributed by atoms with E-state index in [0.717, 1.165) is 18.7 Å². The molecule has 35 heavy (non-hydrogen) atoms. The highest BCUT2D eigenvalue weighted by Crippen LogP contribution is 2.28. The lowest BCUT2D eigenvalue weighted by Gasteiger charge is -2.33. The van der Waals surface area contributed by atoms with Crippen LogP contribution in [0.15, 0.2) is 36.4 Å². The fraction of sp³-hybridized carbons (Fsp3) is 0.304. The minimum Gasteiger partial charge on any atom is -0.496 e. The molecular weight excluding hydrogens is 480 g/mol. The topological polar surface area (TPSA) is 175 Å². The molecule has 0 aliphatic carbocycles. The van der Waals surface area contributed by atoms with Crippen LogP contribution in [0.1, 0.15) is 21.5 Å². The molecule has 1 fully saturated rings. The molecule has 1 saturated heterocycles. The third-order valence-corrected chi connectivity index (χ3v) is 5.25. The van der Waals surface area contributed by atoms with E-state index in [9.17, 15) is 4.79 Å². The van der Waals surface area contributed by atoms with Gasteiger partial charge in [0.1, 0.15) is 5.75 Å². The summed E-state index contributed by atoms with van der Waals surface area (Å²) in [6, 6.07) is 12.8. The van der Waals surface area contributed by atoms with Crippen molar-refractivity contribution < 1.29 is 34.1 Å². The van der Waals surface area contributed by atoms with Gasteiger partial charge in [-0.3, -0.25) is 9.69 Å². The van der Waals surface area contributed by atoms with Crippen molar-refractivity contribution in [3.63, 3.8) is 0 Å². The molecule has 1 atom stereocenters. The van der Waals surface area contributed by atoms with E-state index in [1.807, 2.05) is 18.2 Å². The standard InChI is InChI=1S/C21H23ClN4O3.C2H2O4/c1-28-20-9-19(24)18(22)8-17(20)21(27)25-11-16-13-26(5-6-29-16)12-15-4-2-3-14(7-15)10-23;3-1(4)2(5)6/h2-4,7-9,16H,5-6,11-13,24H2,1H3,(H,25,27);(H,3,4)(H,5,6). The van der Waals surface area contributed by atoms with Crippen LogP contribution in [0.2, 0.25) is 5.02 Å². The van der Waals surface area contributed by atoms with Crippen molar-refractivity contribution in [2.45, 2.75) is 12.6 Å². The number of anilines is 1. The quantitative estimate of drug-likeness (QED) is 0.334. The molecule has 5 N–H and O–H groups in total. The van der Waals surface area contributed by atoms with Gasteiger partial charge in [0.15, 0.2) is 0 Å². The number of hydrogen-bond acceptors (Lipinski definition) is 8. The van der Waals surface area contributed by atoms with Gasteiger partial charge < -0.3 is 30.7 Å². The first-order valence-electron chi connectivity index (χ1n) is 10.3. The zero-order valence-corrected chi connectivity index (χ0v) is 19.6. The molecule has 1 unspecified atom stereocenters. The molecule has 3 rings (SSSR count). The number of halogens is 1. The van der Waals surface area contributed by atoms with Crippen molar-refractivity contribution in [1.29, 1.82) is 5.26 Å². The lowest BCUT2D eigenvalue weighted by Crippen LogP contribution is -2.47. The Hall–Kier alpha value is -3.85. The van der Waals surface area contributed by atoms with E-state index in [1.54, 1.807) is 6.07 Å². The predicted molar refractivity (Wildman–Crippen MR) is 126 cm³/mol. The van der Waals surface area contributed by atoms with Crippen molar-refractivity contribution >= 4 is 35.1 Å². The number of carbonyl (C=O) groups is 3. The average Bonchev–Trinajstić information content (AvgIpc) is 2.84. The van der Waals surface area contributed by atoms with E-state index in [4.69, 9.17) is 51.9 Å². The first kappa shape index (κ1) is 27.4. The molecule has 1 amide bonds. The lowest BCUT2D eigenvalue weighted by molar-refractivity contribution is -0.159. The van der Waals surface area contributed by atoms with Gasteiger partial charge in [-0.2, -0.15) is 5.26 Å². The molecule has 186 valence electrons. The van der Waals surface area contributed by atoms with Crippen LogP contribution in [0.3, 0.4) is 0 Å². The molecule has 2 aromatic carbocycles. The number of aliphatic carboxylic acids is 2. The summed E-state index contributed by atoms with van der Waals surface area (Å²) in [4.78, 5) is 33.0. The number of nitriles is 1. The van der Waals surface area contributed by atoms with Crippen LogP contribution in [0, 0.1) is 11.3 Å². The number of morpholine rings is 1. The normalized spacial score (nSPS) is 15.2. The second kappa shape index (κ2) is 13.1. The molecular formula is C23H25ClN4O7. The fourth-order valence-corrected chi connectivity index (χ4v) is 3.43. The number of benzene rings is 2. The monoisotopic (exact) mass is 504 g/mol. The molecule has 2 aromatic rings. The molecule has 12 heteroatoms. The van der Waals surface area contributed by atoms with Gasteiger partial charge in [-0.25, -0.2) is 9.59 Å². The molecule has 1 aliphatic heterocycles. The van der Waals surface area contributed by atoms with Gasteiger partial charge in [-0.1, -0.05) is 23.7 Å². The van der Waals surface area contributed by atoms with Crippen LogP contribution >= 0.6 is 11.6 Å². The van der Waals surface area contributed by atoms with Crippen molar-refractivity contribution in [2.24, 2.45) is 0 Å². The number of nitrogens with one attached hydrogen (secondary N) is 1. The van der Waals surface area contributed by atoms with Gasteiger partial charge >= 0.3 is 11.9 Å². The maximum absolute atomic E-state index is 12.6. The van der Waals surface area contributed by atoms with Gasteiger partial charge in [0.2, 0.25) is 0 Å². The van der Waals surface area contributed by atoms with Gasteiger partial charge in [0.05, 0.1) is 47.7 Å². The number of nitrogens with zero attached hydrogens (tertiary/aromatic N) is 2. The summed E-state index contributed by atoms with van der Waals surface area (Å²) in [5, 5.41) is 27.0. The zero-order valence-electron chi connectivity index (χ0n) is 18.9. The molecule has 0 spiro atoms. The summed E-state index contributed by atoms with van der Waals surface area (Å²) in [5.41, 5.74) is 8.17. The van der Waals surface area contributed by atoms with Crippen LogP contribution in [0.4, 0.5) is 5.69 Å². The number of rotatable bonds is 6. The number of carboxylic acids is 2. The van der Waals surface area contributed by atoms with E-state index >= 15 is 0 Å². The third-order valence-electron chi connectivity index (χ3n) is 4.92. The maximum atomic E-state index is 12.6. The molecule has 0 saturated carbocycles. The van der Waals surface area contributed by atoms with E-state index in [1.165, 1.54) is 19.2 Å². The maximum Gasteiger partial charge on any atom is 0.414 e. The van der Waals surface area contributed by atoms with Crippen LogP contribution < -0.4 is 15.8 Å². The summed E-state index contributed by atoms with van der Waals surface area (Å²) < 4.78 is 11.0. The van der Waals surface area contributed by atoms with Gasteiger partial charge in [-0.05, 0) is 23.8 Å². The number of nitrogen functional groups attached to an aromatic ring is 1. The number of carboxylic acid groups (broad SMARTS) is 2. The van der Waals surface area contributed by atoms with E-state index in [2.05, 4.69) is 16.3 Å². The van der Waals surface area contributed by atoms with Gasteiger partial charge in [-0.15, -0.1) is 0 Å². The Kier molecular flexibility index (Phi) is 10.3. The highest BCUT2D eigenvalue weighted by Gasteiger charge is 2.22. The minimum atomic E-state index is -1.82. The fourth-order valence-electron chi connectivity index (χ4n) is 3.26. The van der Waals surface area contributed by atoms with Crippen molar-refractivity contribution in [3.8, 4) is 11.8 Å². The lowest BCUT2D eigenvalue weighted by atomic mass is 10.1. The number of carbonyl (C=O) groups excluding carboxylic acids is 1. The average molecular weight is 505 g/mol. The number of hydrogen-bond donors (Lipinski definition) is 4. The Morgan fingerprint density at radius 1 is 1.29 bits per heavy atom. The SMILES string of the molecule is COc1cc(N)c(Cl)cc1C(=O)NCC1CN(Cc2cccc(C#N)c2)CCO1.O=C(O)C(=O)O. The Morgan fingerprint density at radius 2 is 2.00 bits per heavy atom. The van der Waals surface area contributed by atoms with E-state index in [0.29, 0.717) is 47.3 Å². The number of nitrogens with two attached hydrogens (primary N) is 1. The van der Waals surface area contributed by atoms with Crippen LogP contribution in [-0.4, -0.2) is 72.4 Å². The highest BCUT2D eigenvalue weighted by molar-refractivity contribution is 6.33. The van der Waals surface area contributed by atoms with E-state index < -0.39 is 11.9 Å². The molecule has 0 aromatic heterocycles. The zero-order chi connectivity index (χ0) is 26.0. The van der Waals surface area contributed by atoms with Crippen molar-refractivity contribution in [2.75, 3.05) is 39.1 Å². The van der Waals surface area contributed by atoms with Crippen LogP contribution in [-0.2, 0) is 20.9 Å². The van der Waals surface area contributed by atoms with Gasteiger partial charge in [0, 0.05) is 32.2 Å². The first-order valence-corrected chi connectivity index (χ1v) is 10.7.